The number of para-hydroxylation sites is 1. The van der Waals surface area contributed by atoms with Crippen molar-refractivity contribution in [2.24, 2.45) is 0 Å². The van der Waals surface area contributed by atoms with Crippen molar-refractivity contribution in [3.05, 3.63) is 65.7 Å². The van der Waals surface area contributed by atoms with E-state index in [1.807, 2.05) is 47.4 Å². The molecule has 2 fully saturated rings. The van der Waals surface area contributed by atoms with Gasteiger partial charge in [0.05, 0.1) is 23.3 Å². The van der Waals surface area contributed by atoms with Gasteiger partial charge in [0.25, 0.3) is 5.91 Å². The number of nitrogens with one attached hydrogen (secondary N) is 1. The molecule has 0 spiro atoms. The monoisotopic (exact) mass is 428 g/mol. The van der Waals surface area contributed by atoms with Crippen molar-refractivity contribution in [1.29, 1.82) is 0 Å². The molecule has 32 heavy (non-hydrogen) atoms. The number of carbonyl (C=O) groups is 2. The Labute approximate surface area is 188 Å². The fourth-order valence-corrected chi connectivity index (χ4v) is 4.21. The van der Waals surface area contributed by atoms with Gasteiger partial charge in [-0.3, -0.25) is 14.5 Å². The molecule has 1 saturated heterocycles. The number of hydrogen-bond donors (Lipinski definition) is 1. The molecule has 6 heteroatoms. The molecule has 0 radical (unpaired) electrons. The quantitative estimate of drug-likeness (QED) is 0.678. The van der Waals surface area contributed by atoms with Crippen LogP contribution >= 0.6 is 0 Å². The average molecular weight is 429 g/mol. The van der Waals surface area contributed by atoms with Crippen LogP contribution in [0.15, 0.2) is 54.6 Å². The summed E-state index contributed by atoms with van der Waals surface area (Å²) in [7, 11) is 0. The van der Waals surface area contributed by atoms with Crippen LogP contribution in [0.5, 0.6) is 0 Å². The Balaban J connectivity index is 1.35. The molecule has 1 aromatic heterocycles. The summed E-state index contributed by atoms with van der Waals surface area (Å²) in [6.07, 6.45) is 2.19. The highest BCUT2D eigenvalue weighted by atomic mass is 16.2. The van der Waals surface area contributed by atoms with Crippen molar-refractivity contribution >= 4 is 22.7 Å². The molecule has 0 bridgehead atoms. The number of carbonyl (C=O) groups excluding carboxylic acids is 2. The van der Waals surface area contributed by atoms with E-state index >= 15 is 0 Å². The van der Waals surface area contributed by atoms with Gasteiger partial charge in [-0.05, 0) is 31.9 Å². The zero-order valence-corrected chi connectivity index (χ0v) is 18.4. The molecule has 2 aromatic carbocycles. The zero-order valence-electron chi connectivity index (χ0n) is 18.4. The molecule has 164 valence electrons. The summed E-state index contributed by atoms with van der Waals surface area (Å²) < 4.78 is 0. The first-order valence-corrected chi connectivity index (χ1v) is 11.3. The normalized spacial score (nSPS) is 16.8. The van der Waals surface area contributed by atoms with Crippen molar-refractivity contribution in [2.45, 2.75) is 25.8 Å². The lowest BCUT2D eigenvalue weighted by molar-refractivity contribution is -0.122. The van der Waals surface area contributed by atoms with Crippen molar-refractivity contribution in [3.63, 3.8) is 0 Å². The second-order valence-electron chi connectivity index (χ2n) is 8.85. The molecule has 1 N–H and O–H groups in total. The number of rotatable bonds is 5. The summed E-state index contributed by atoms with van der Waals surface area (Å²) in [5.74, 6) is 0.120. The van der Waals surface area contributed by atoms with Crippen LogP contribution in [0.3, 0.4) is 0 Å². The molecular formula is C26H28N4O2. The molecule has 1 aliphatic heterocycles. The van der Waals surface area contributed by atoms with E-state index in [1.54, 1.807) is 0 Å². The number of piperazine rings is 1. The number of fused-ring (bicyclic) bond motifs is 1. The van der Waals surface area contributed by atoms with Gasteiger partial charge in [-0.1, -0.05) is 48.0 Å². The molecule has 2 heterocycles. The minimum absolute atomic E-state index is 0.0269. The van der Waals surface area contributed by atoms with E-state index in [2.05, 4.69) is 29.3 Å². The zero-order chi connectivity index (χ0) is 22.1. The third kappa shape index (κ3) is 4.50. The van der Waals surface area contributed by atoms with Crippen LogP contribution < -0.4 is 5.32 Å². The van der Waals surface area contributed by atoms with E-state index in [0.717, 1.165) is 35.0 Å². The second kappa shape index (κ2) is 8.71. The molecule has 2 amide bonds. The average Bonchev–Trinajstić information content (AvgIpc) is 3.62. The Hall–Kier alpha value is -3.25. The highest BCUT2D eigenvalue weighted by Gasteiger charge is 2.27. The van der Waals surface area contributed by atoms with Gasteiger partial charge in [0.2, 0.25) is 5.91 Å². The van der Waals surface area contributed by atoms with Crippen LogP contribution in [-0.4, -0.2) is 65.4 Å². The van der Waals surface area contributed by atoms with E-state index in [0.29, 0.717) is 44.3 Å². The van der Waals surface area contributed by atoms with Crippen LogP contribution in [0.2, 0.25) is 0 Å². The van der Waals surface area contributed by atoms with Gasteiger partial charge in [-0.15, -0.1) is 0 Å². The van der Waals surface area contributed by atoms with Crippen LogP contribution in [0.25, 0.3) is 22.2 Å². The summed E-state index contributed by atoms with van der Waals surface area (Å²) in [6.45, 7) is 5.11. The van der Waals surface area contributed by atoms with Crippen molar-refractivity contribution in [2.75, 3.05) is 32.7 Å². The van der Waals surface area contributed by atoms with Crippen molar-refractivity contribution in [1.82, 2.24) is 20.1 Å². The van der Waals surface area contributed by atoms with Crippen molar-refractivity contribution < 1.29 is 9.59 Å². The number of aryl methyl sites for hydroxylation is 1. The fourth-order valence-electron chi connectivity index (χ4n) is 4.21. The van der Waals surface area contributed by atoms with Crippen LogP contribution in [0.4, 0.5) is 0 Å². The van der Waals surface area contributed by atoms with Gasteiger partial charge in [0.15, 0.2) is 0 Å². The number of pyridine rings is 1. The first-order chi connectivity index (χ1) is 15.6. The maximum Gasteiger partial charge on any atom is 0.254 e. The second-order valence-corrected chi connectivity index (χ2v) is 8.85. The van der Waals surface area contributed by atoms with E-state index in [-0.39, 0.29) is 11.8 Å². The predicted molar refractivity (Wildman–Crippen MR) is 125 cm³/mol. The first kappa shape index (κ1) is 20.6. The standard InChI is InChI=1S/C26H28N4O2/c1-18-6-8-19(9-7-18)24-16-22(21-4-2-3-5-23(21)28-24)26(32)30-14-12-29(13-15-30)17-25(31)27-20-10-11-20/h2-9,16,20H,10-15,17H2,1H3,(H,27,31). The SMILES string of the molecule is Cc1ccc(-c2cc(C(=O)N3CCN(CC(=O)NC4CC4)CC3)c3ccccc3n2)cc1. The number of amides is 2. The van der Waals surface area contributed by atoms with Crippen LogP contribution in [0.1, 0.15) is 28.8 Å². The number of hydrogen-bond acceptors (Lipinski definition) is 4. The molecule has 3 aromatic rings. The summed E-state index contributed by atoms with van der Waals surface area (Å²) in [5, 5.41) is 3.91. The smallest absolute Gasteiger partial charge is 0.254 e. The molecule has 2 aliphatic rings. The molecule has 0 unspecified atom stereocenters. The maximum absolute atomic E-state index is 13.5. The highest BCUT2D eigenvalue weighted by molar-refractivity contribution is 6.07. The fraction of sp³-hybridized carbons (Fsp3) is 0.346. The van der Waals surface area contributed by atoms with Crippen LogP contribution in [0, 0.1) is 6.92 Å². The summed E-state index contributed by atoms with van der Waals surface area (Å²) in [4.78, 5) is 34.5. The summed E-state index contributed by atoms with van der Waals surface area (Å²) in [5.41, 5.74) is 4.51. The van der Waals surface area contributed by atoms with Gasteiger partial charge in [-0.2, -0.15) is 0 Å². The number of nitrogens with zero attached hydrogens (tertiary/aromatic N) is 3. The Morgan fingerprint density at radius 1 is 1.00 bits per heavy atom. The minimum Gasteiger partial charge on any atom is -0.352 e. The third-order valence-electron chi connectivity index (χ3n) is 6.26. The highest BCUT2D eigenvalue weighted by Crippen LogP contribution is 2.26. The summed E-state index contributed by atoms with van der Waals surface area (Å²) >= 11 is 0. The van der Waals surface area contributed by atoms with Crippen molar-refractivity contribution in [3.8, 4) is 11.3 Å². The molecular weight excluding hydrogens is 400 g/mol. The van der Waals surface area contributed by atoms with Gasteiger partial charge < -0.3 is 10.2 Å². The van der Waals surface area contributed by atoms with E-state index in [4.69, 9.17) is 4.98 Å². The van der Waals surface area contributed by atoms with E-state index < -0.39 is 0 Å². The lowest BCUT2D eigenvalue weighted by Gasteiger charge is -2.34. The predicted octanol–water partition coefficient (Wildman–Crippen LogP) is 3.25. The van der Waals surface area contributed by atoms with Gasteiger partial charge in [0.1, 0.15) is 0 Å². The van der Waals surface area contributed by atoms with Gasteiger partial charge in [-0.25, -0.2) is 4.98 Å². The minimum atomic E-state index is 0.0269. The summed E-state index contributed by atoms with van der Waals surface area (Å²) in [6, 6.07) is 18.3. The molecule has 6 nitrogen and oxygen atoms in total. The molecule has 0 atom stereocenters. The van der Waals surface area contributed by atoms with E-state index in [9.17, 15) is 9.59 Å². The number of benzene rings is 2. The Kier molecular flexibility index (Phi) is 5.62. The lowest BCUT2D eigenvalue weighted by Crippen LogP contribution is -2.51. The molecule has 5 rings (SSSR count). The van der Waals surface area contributed by atoms with Crippen LogP contribution in [-0.2, 0) is 4.79 Å². The largest absolute Gasteiger partial charge is 0.352 e. The Morgan fingerprint density at radius 3 is 2.44 bits per heavy atom. The Bertz CT molecular complexity index is 1150. The lowest BCUT2D eigenvalue weighted by atomic mass is 10.0. The first-order valence-electron chi connectivity index (χ1n) is 11.3. The topological polar surface area (TPSA) is 65.5 Å². The maximum atomic E-state index is 13.5. The third-order valence-corrected chi connectivity index (χ3v) is 6.26. The van der Waals surface area contributed by atoms with Gasteiger partial charge in [0, 0.05) is 43.2 Å². The van der Waals surface area contributed by atoms with E-state index in [1.165, 1.54) is 5.56 Å². The Morgan fingerprint density at radius 2 is 1.72 bits per heavy atom. The molecule has 1 saturated carbocycles. The molecule has 1 aliphatic carbocycles. The van der Waals surface area contributed by atoms with Gasteiger partial charge >= 0.3 is 0 Å². The number of aromatic nitrogens is 1.